The maximum Gasteiger partial charge on any atom is 0.262 e. The molecular formula is C18H23F2N3O2. The van der Waals surface area contributed by atoms with Gasteiger partial charge < -0.3 is 9.80 Å². The van der Waals surface area contributed by atoms with E-state index in [2.05, 4.69) is 5.32 Å². The van der Waals surface area contributed by atoms with Gasteiger partial charge in [0.15, 0.2) is 0 Å². The molecule has 1 atom stereocenters. The lowest BCUT2D eigenvalue weighted by Crippen LogP contribution is -2.45. The number of benzene rings is 1. The lowest BCUT2D eigenvalue weighted by atomic mass is 10.1. The molecule has 1 aromatic carbocycles. The number of hydrogen-bond acceptors (Lipinski definition) is 3. The SMILES string of the molecule is Cc1cccc(C(=O)N2CCCN(C(=O)C3CC(F)(F)CN3)CC2)c1. The van der Waals surface area contributed by atoms with Crippen LogP contribution in [0.25, 0.3) is 0 Å². The smallest absolute Gasteiger partial charge is 0.262 e. The average Bonchev–Trinajstić information content (AvgIpc) is 2.80. The molecule has 136 valence electrons. The zero-order valence-electron chi connectivity index (χ0n) is 14.3. The van der Waals surface area contributed by atoms with E-state index in [4.69, 9.17) is 0 Å². The van der Waals surface area contributed by atoms with Crippen molar-refractivity contribution in [2.24, 2.45) is 0 Å². The second-order valence-electron chi connectivity index (χ2n) is 6.83. The second kappa shape index (κ2) is 7.07. The highest BCUT2D eigenvalue weighted by Crippen LogP contribution is 2.26. The number of carbonyl (C=O) groups is 2. The number of nitrogens with one attached hydrogen (secondary N) is 1. The molecular weight excluding hydrogens is 328 g/mol. The Morgan fingerprint density at radius 1 is 1.16 bits per heavy atom. The number of rotatable bonds is 2. The summed E-state index contributed by atoms with van der Waals surface area (Å²) in [4.78, 5) is 28.4. The van der Waals surface area contributed by atoms with E-state index in [-0.39, 0.29) is 11.8 Å². The van der Waals surface area contributed by atoms with E-state index in [9.17, 15) is 18.4 Å². The summed E-state index contributed by atoms with van der Waals surface area (Å²) in [5.41, 5.74) is 1.66. The number of halogens is 2. The summed E-state index contributed by atoms with van der Waals surface area (Å²) in [5.74, 6) is -3.16. The Kier molecular flexibility index (Phi) is 5.03. The standard InChI is InChI=1S/C18H23F2N3O2/c1-13-4-2-5-14(10-13)16(24)22-6-3-7-23(9-8-22)17(25)15-11-18(19,20)12-21-15/h2,4-5,10,15,21H,3,6-9,11-12H2,1H3. The van der Waals surface area contributed by atoms with Crippen molar-refractivity contribution in [1.29, 1.82) is 0 Å². The van der Waals surface area contributed by atoms with Crippen LogP contribution in [0.2, 0.25) is 0 Å². The van der Waals surface area contributed by atoms with Crippen LogP contribution in [0.4, 0.5) is 8.78 Å². The van der Waals surface area contributed by atoms with Gasteiger partial charge >= 0.3 is 0 Å². The summed E-state index contributed by atoms with van der Waals surface area (Å²) in [7, 11) is 0. The van der Waals surface area contributed by atoms with Crippen LogP contribution in [0.15, 0.2) is 24.3 Å². The van der Waals surface area contributed by atoms with E-state index in [1.54, 1.807) is 15.9 Å². The Hall–Kier alpha value is -2.02. The Morgan fingerprint density at radius 3 is 2.56 bits per heavy atom. The first-order chi connectivity index (χ1) is 11.9. The minimum absolute atomic E-state index is 0.0523. The molecule has 2 heterocycles. The van der Waals surface area contributed by atoms with Crippen molar-refractivity contribution in [1.82, 2.24) is 15.1 Å². The maximum absolute atomic E-state index is 13.3. The third-order valence-corrected chi connectivity index (χ3v) is 4.77. The number of hydrogen-bond donors (Lipinski definition) is 1. The molecule has 0 aromatic heterocycles. The molecule has 7 heteroatoms. The minimum Gasteiger partial charge on any atom is -0.339 e. The van der Waals surface area contributed by atoms with E-state index >= 15 is 0 Å². The highest BCUT2D eigenvalue weighted by atomic mass is 19.3. The van der Waals surface area contributed by atoms with Gasteiger partial charge in [0.1, 0.15) is 0 Å². The molecule has 0 saturated carbocycles. The Bertz CT molecular complexity index is 665. The van der Waals surface area contributed by atoms with Crippen LogP contribution in [0.5, 0.6) is 0 Å². The van der Waals surface area contributed by atoms with Gasteiger partial charge in [-0.3, -0.25) is 14.9 Å². The molecule has 0 spiro atoms. The van der Waals surface area contributed by atoms with E-state index in [1.165, 1.54) is 0 Å². The number of aryl methyl sites for hydroxylation is 1. The van der Waals surface area contributed by atoms with Crippen LogP contribution in [-0.4, -0.2) is 66.3 Å². The Labute approximate surface area is 146 Å². The Balaban J connectivity index is 1.61. The molecule has 0 radical (unpaired) electrons. The van der Waals surface area contributed by atoms with Crippen molar-refractivity contribution in [3.05, 3.63) is 35.4 Å². The fraction of sp³-hybridized carbons (Fsp3) is 0.556. The van der Waals surface area contributed by atoms with Crippen LogP contribution in [0.1, 0.15) is 28.8 Å². The zero-order valence-corrected chi connectivity index (χ0v) is 14.3. The maximum atomic E-state index is 13.3. The van der Waals surface area contributed by atoms with Gasteiger partial charge in [0, 0.05) is 38.2 Å². The van der Waals surface area contributed by atoms with Crippen molar-refractivity contribution in [3.63, 3.8) is 0 Å². The molecule has 2 aliphatic heterocycles. The Morgan fingerprint density at radius 2 is 1.88 bits per heavy atom. The van der Waals surface area contributed by atoms with Crippen molar-refractivity contribution in [2.45, 2.75) is 31.7 Å². The van der Waals surface area contributed by atoms with Gasteiger partial charge in [-0.25, -0.2) is 8.78 Å². The van der Waals surface area contributed by atoms with Crippen LogP contribution in [0, 0.1) is 6.92 Å². The number of amides is 2. The van der Waals surface area contributed by atoms with Crippen LogP contribution >= 0.6 is 0 Å². The van der Waals surface area contributed by atoms with Gasteiger partial charge in [0.05, 0.1) is 12.6 Å². The fourth-order valence-electron chi connectivity index (χ4n) is 3.41. The highest BCUT2D eigenvalue weighted by Gasteiger charge is 2.43. The summed E-state index contributed by atoms with van der Waals surface area (Å²) in [6.07, 6.45) is 0.195. The van der Waals surface area contributed by atoms with Crippen LogP contribution < -0.4 is 5.32 Å². The van der Waals surface area contributed by atoms with Crippen molar-refractivity contribution in [3.8, 4) is 0 Å². The van der Waals surface area contributed by atoms with Crippen molar-refractivity contribution in [2.75, 3.05) is 32.7 Å². The lowest BCUT2D eigenvalue weighted by Gasteiger charge is -2.24. The van der Waals surface area contributed by atoms with Gasteiger partial charge in [-0.1, -0.05) is 17.7 Å². The summed E-state index contributed by atoms with van der Waals surface area (Å²) < 4.78 is 26.6. The molecule has 0 aliphatic carbocycles. The van der Waals surface area contributed by atoms with Gasteiger partial charge in [-0.2, -0.15) is 0 Å². The summed E-state index contributed by atoms with van der Waals surface area (Å²) in [6.45, 7) is 3.33. The van der Waals surface area contributed by atoms with Gasteiger partial charge in [0.25, 0.3) is 11.8 Å². The third-order valence-electron chi connectivity index (χ3n) is 4.77. The zero-order chi connectivity index (χ0) is 18.0. The molecule has 2 fully saturated rings. The van der Waals surface area contributed by atoms with Crippen molar-refractivity contribution < 1.29 is 18.4 Å². The van der Waals surface area contributed by atoms with E-state index < -0.39 is 24.9 Å². The largest absolute Gasteiger partial charge is 0.339 e. The molecule has 5 nitrogen and oxygen atoms in total. The first kappa shape index (κ1) is 17.8. The minimum atomic E-state index is -2.82. The predicted molar refractivity (Wildman–Crippen MR) is 89.6 cm³/mol. The lowest BCUT2D eigenvalue weighted by molar-refractivity contribution is -0.133. The average molecular weight is 351 g/mol. The molecule has 1 unspecified atom stereocenters. The quantitative estimate of drug-likeness (QED) is 0.882. The van der Waals surface area contributed by atoms with Gasteiger partial charge in [-0.15, -0.1) is 0 Å². The van der Waals surface area contributed by atoms with Gasteiger partial charge in [0.2, 0.25) is 5.91 Å². The first-order valence-corrected chi connectivity index (χ1v) is 8.62. The predicted octanol–water partition coefficient (Wildman–Crippen LogP) is 1.67. The summed E-state index contributed by atoms with van der Waals surface area (Å²) in [6, 6.07) is 6.59. The topological polar surface area (TPSA) is 52.7 Å². The molecule has 2 aliphatic rings. The van der Waals surface area contributed by atoms with Gasteiger partial charge in [-0.05, 0) is 25.5 Å². The number of alkyl halides is 2. The van der Waals surface area contributed by atoms with Crippen LogP contribution in [-0.2, 0) is 4.79 Å². The second-order valence-corrected chi connectivity index (χ2v) is 6.83. The van der Waals surface area contributed by atoms with E-state index in [0.29, 0.717) is 38.2 Å². The molecule has 3 rings (SSSR count). The number of carbonyl (C=O) groups excluding carboxylic acids is 2. The molecule has 2 amide bonds. The van der Waals surface area contributed by atoms with Crippen LogP contribution in [0.3, 0.4) is 0 Å². The molecule has 25 heavy (non-hydrogen) atoms. The first-order valence-electron chi connectivity index (χ1n) is 8.62. The molecule has 1 aromatic rings. The van der Waals surface area contributed by atoms with E-state index in [0.717, 1.165) is 5.56 Å². The third kappa shape index (κ3) is 4.15. The fourth-order valence-corrected chi connectivity index (χ4v) is 3.41. The highest BCUT2D eigenvalue weighted by molar-refractivity contribution is 5.94. The normalized spacial score (nSPS) is 23.4. The summed E-state index contributed by atoms with van der Waals surface area (Å²) in [5, 5.41) is 2.61. The van der Waals surface area contributed by atoms with E-state index in [1.807, 2.05) is 25.1 Å². The summed E-state index contributed by atoms with van der Waals surface area (Å²) >= 11 is 0. The number of nitrogens with zero attached hydrogens (tertiary/aromatic N) is 2. The molecule has 0 bridgehead atoms. The molecule has 1 N–H and O–H groups in total. The van der Waals surface area contributed by atoms with Crippen molar-refractivity contribution >= 4 is 11.8 Å². The molecule has 2 saturated heterocycles. The monoisotopic (exact) mass is 351 g/mol.